The third-order valence-electron chi connectivity index (χ3n) is 2.65. The van der Waals surface area contributed by atoms with Crippen molar-refractivity contribution in [2.24, 2.45) is 0 Å². The molecule has 0 atom stereocenters. The van der Waals surface area contributed by atoms with Crippen molar-refractivity contribution in [3.05, 3.63) is 47.6 Å². The van der Waals surface area contributed by atoms with Crippen LogP contribution in [0.3, 0.4) is 0 Å². The molecule has 3 rings (SSSR count). The van der Waals surface area contributed by atoms with Gasteiger partial charge in [-0.2, -0.15) is 4.68 Å². The van der Waals surface area contributed by atoms with Gasteiger partial charge >= 0.3 is 0 Å². The van der Waals surface area contributed by atoms with E-state index in [1.807, 2.05) is 35.7 Å². The van der Waals surface area contributed by atoms with Gasteiger partial charge in [0.15, 0.2) is 11.5 Å². The van der Waals surface area contributed by atoms with Gasteiger partial charge in [-0.3, -0.25) is 4.79 Å². The fourth-order valence-corrected chi connectivity index (χ4v) is 2.42. The van der Waals surface area contributed by atoms with Crippen molar-refractivity contribution in [2.45, 2.75) is 6.92 Å². The minimum absolute atomic E-state index is 0.110. The zero-order chi connectivity index (χ0) is 13.2. The number of thiazole rings is 1. The smallest absolute Gasteiger partial charge is 0.212 e. The number of carbonyl (C=O) groups is 1. The van der Waals surface area contributed by atoms with Crippen LogP contribution in [0.4, 0.5) is 0 Å². The van der Waals surface area contributed by atoms with E-state index in [1.54, 1.807) is 10.9 Å². The summed E-state index contributed by atoms with van der Waals surface area (Å²) in [5, 5.41) is 10.6. The summed E-state index contributed by atoms with van der Waals surface area (Å²) in [6.45, 7) is 1.49. The van der Waals surface area contributed by atoms with E-state index in [4.69, 9.17) is 0 Å². The number of nitrogens with zero attached hydrogens (tertiary/aromatic N) is 4. The first-order chi connectivity index (χ1) is 9.27. The van der Waals surface area contributed by atoms with Crippen LogP contribution < -0.4 is 0 Å². The molecule has 0 unspecified atom stereocenters. The first kappa shape index (κ1) is 11.7. The Hall–Kier alpha value is -2.34. The fraction of sp³-hybridized carbons (Fsp3) is 0.0769. The van der Waals surface area contributed by atoms with Crippen molar-refractivity contribution in [3.8, 4) is 16.4 Å². The van der Waals surface area contributed by atoms with E-state index in [-0.39, 0.29) is 5.78 Å². The van der Waals surface area contributed by atoms with E-state index >= 15 is 0 Å². The first-order valence-corrected chi connectivity index (χ1v) is 6.57. The monoisotopic (exact) mass is 270 g/mol. The van der Waals surface area contributed by atoms with Crippen LogP contribution in [0.2, 0.25) is 0 Å². The normalized spacial score (nSPS) is 10.6. The SMILES string of the molecule is CC(=O)c1nnn(-c2nccs2)c1-c1ccccc1. The second-order valence-electron chi connectivity index (χ2n) is 3.94. The van der Waals surface area contributed by atoms with E-state index in [0.29, 0.717) is 16.5 Å². The largest absolute Gasteiger partial charge is 0.293 e. The second-order valence-corrected chi connectivity index (χ2v) is 4.81. The van der Waals surface area contributed by atoms with Gasteiger partial charge in [0.05, 0.1) is 0 Å². The summed E-state index contributed by atoms with van der Waals surface area (Å²) in [5.74, 6) is -0.110. The number of aromatic nitrogens is 4. The molecule has 0 aliphatic rings. The standard InChI is InChI=1S/C13H10N4OS/c1-9(18)11-12(10-5-3-2-4-6-10)17(16-15-11)13-14-7-8-19-13/h2-8H,1H3. The number of hydrogen-bond acceptors (Lipinski definition) is 5. The number of benzene rings is 1. The Kier molecular flexibility index (Phi) is 2.92. The predicted octanol–water partition coefficient (Wildman–Crippen LogP) is 2.59. The molecule has 0 aliphatic carbocycles. The van der Waals surface area contributed by atoms with Gasteiger partial charge in [0, 0.05) is 24.1 Å². The van der Waals surface area contributed by atoms with E-state index in [9.17, 15) is 4.79 Å². The number of Topliss-reactive ketones (excluding diaryl/α,β-unsaturated/α-hetero) is 1. The Morgan fingerprint density at radius 1 is 1.26 bits per heavy atom. The Bertz CT molecular complexity index is 704. The molecule has 0 saturated carbocycles. The second kappa shape index (κ2) is 4.74. The van der Waals surface area contributed by atoms with Gasteiger partial charge in [-0.15, -0.1) is 16.4 Å². The van der Waals surface area contributed by atoms with Crippen molar-refractivity contribution >= 4 is 17.1 Å². The summed E-state index contributed by atoms with van der Waals surface area (Å²) < 4.78 is 1.61. The molecular formula is C13H10N4OS. The van der Waals surface area contributed by atoms with Crippen LogP contribution in [0.15, 0.2) is 41.9 Å². The minimum Gasteiger partial charge on any atom is -0.293 e. The summed E-state index contributed by atoms with van der Waals surface area (Å²) in [7, 11) is 0. The van der Waals surface area contributed by atoms with Crippen molar-refractivity contribution < 1.29 is 4.79 Å². The van der Waals surface area contributed by atoms with Gasteiger partial charge in [-0.05, 0) is 0 Å². The van der Waals surface area contributed by atoms with Crippen molar-refractivity contribution in [1.29, 1.82) is 0 Å². The molecular weight excluding hydrogens is 260 g/mol. The summed E-state index contributed by atoms with van der Waals surface area (Å²) >= 11 is 1.45. The number of hydrogen-bond donors (Lipinski definition) is 0. The molecule has 0 N–H and O–H groups in total. The number of carbonyl (C=O) groups excluding carboxylic acids is 1. The fourth-order valence-electron chi connectivity index (χ4n) is 1.83. The van der Waals surface area contributed by atoms with Crippen LogP contribution in [0.1, 0.15) is 17.4 Å². The molecule has 2 heterocycles. The van der Waals surface area contributed by atoms with E-state index in [0.717, 1.165) is 5.56 Å². The zero-order valence-electron chi connectivity index (χ0n) is 10.1. The molecule has 0 bridgehead atoms. The average molecular weight is 270 g/mol. The molecule has 0 aliphatic heterocycles. The van der Waals surface area contributed by atoms with Crippen LogP contribution in [0, 0.1) is 0 Å². The first-order valence-electron chi connectivity index (χ1n) is 5.69. The molecule has 0 saturated heterocycles. The zero-order valence-corrected chi connectivity index (χ0v) is 11.0. The van der Waals surface area contributed by atoms with Crippen molar-refractivity contribution in [3.63, 3.8) is 0 Å². The van der Waals surface area contributed by atoms with Gasteiger partial charge < -0.3 is 0 Å². The molecule has 0 radical (unpaired) electrons. The molecule has 5 nitrogen and oxygen atoms in total. The maximum Gasteiger partial charge on any atom is 0.212 e. The Morgan fingerprint density at radius 2 is 2.05 bits per heavy atom. The van der Waals surface area contributed by atoms with Gasteiger partial charge in [0.1, 0.15) is 5.69 Å². The summed E-state index contributed by atoms with van der Waals surface area (Å²) in [5.41, 5.74) is 1.94. The minimum atomic E-state index is -0.110. The highest BCUT2D eigenvalue weighted by Gasteiger charge is 2.20. The van der Waals surface area contributed by atoms with Gasteiger partial charge in [0.2, 0.25) is 5.13 Å². The molecule has 3 aromatic rings. The molecule has 1 aromatic carbocycles. The van der Waals surface area contributed by atoms with E-state index < -0.39 is 0 Å². The summed E-state index contributed by atoms with van der Waals surface area (Å²) in [6.07, 6.45) is 1.70. The third-order valence-corrected chi connectivity index (χ3v) is 3.40. The molecule has 0 fully saturated rings. The van der Waals surface area contributed by atoms with Crippen molar-refractivity contribution in [1.82, 2.24) is 20.0 Å². The molecule has 0 spiro atoms. The lowest BCUT2D eigenvalue weighted by Gasteiger charge is -2.04. The lowest BCUT2D eigenvalue weighted by atomic mass is 10.1. The molecule has 2 aromatic heterocycles. The molecule has 6 heteroatoms. The quantitative estimate of drug-likeness (QED) is 0.686. The van der Waals surface area contributed by atoms with Gasteiger partial charge in [0.25, 0.3) is 0 Å². The Balaban J connectivity index is 2.25. The summed E-state index contributed by atoms with van der Waals surface area (Å²) in [6, 6.07) is 9.61. The molecule has 19 heavy (non-hydrogen) atoms. The average Bonchev–Trinajstić information content (AvgIpc) is 3.08. The third kappa shape index (κ3) is 2.06. The van der Waals surface area contributed by atoms with Crippen LogP contribution in [-0.2, 0) is 0 Å². The van der Waals surface area contributed by atoms with Crippen LogP contribution in [0.25, 0.3) is 16.4 Å². The maximum absolute atomic E-state index is 11.7. The highest BCUT2D eigenvalue weighted by Crippen LogP contribution is 2.26. The number of rotatable bonds is 3. The number of ketones is 1. The predicted molar refractivity (Wildman–Crippen MR) is 72.5 cm³/mol. The highest BCUT2D eigenvalue weighted by atomic mass is 32.1. The molecule has 94 valence electrons. The summed E-state index contributed by atoms with van der Waals surface area (Å²) in [4.78, 5) is 15.9. The lowest BCUT2D eigenvalue weighted by molar-refractivity contribution is 0.101. The van der Waals surface area contributed by atoms with E-state index in [2.05, 4.69) is 15.3 Å². The highest BCUT2D eigenvalue weighted by molar-refractivity contribution is 7.12. The van der Waals surface area contributed by atoms with Gasteiger partial charge in [-0.25, -0.2) is 4.98 Å². The van der Waals surface area contributed by atoms with Crippen LogP contribution >= 0.6 is 11.3 Å². The lowest BCUT2D eigenvalue weighted by Crippen LogP contribution is -2.01. The maximum atomic E-state index is 11.7. The van der Waals surface area contributed by atoms with Crippen molar-refractivity contribution in [2.75, 3.05) is 0 Å². The Morgan fingerprint density at radius 3 is 2.68 bits per heavy atom. The van der Waals surface area contributed by atoms with Crippen LogP contribution in [0.5, 0.6) is 0 Å². The van der Waals surface area contributed by atoms with Gasteiger partial charge in [-0.1, -0.05) is 35.5 Å². The topological polar surface area (TPSA) is 60.7 Å². The Labute approximate surface area is 113 Å². The van der Waals surface area contributed by atoms with E-state index in [1.165, 1.54) is 18.3 Å². The van der Waals surface area contributed by atoms with Crippen LogP contribution in [-0.4, -0.2) is 25.8 Å². The molecule has 0 amide bonds.